The van der Waals surface area contributed by atoms with E-state index in [0.29, 0.717) is 20.6 Å². The molecule has 1 aliphatic heterocycles. The molecule has 13 heteroatoms. The summed E-state index contributed by atoms with van der Waals surface area (Å²) in [5.41, 5.74) is 1.29. The van der Waals surface area contributed by atoms with Gasteiger partial charge in [-0.1, -0.05) is 17.3 Å². The second kappa shape index (κ2) is 12.5. The van der Waals surface area contributed by atoms with Gasteiger partial charge in [-0.05, 0) is 56.3 Å². The van der Waals surface area contributed by atoms with Crippen molar-refractivity contribution in [1.82, 2.24) is 13.8 Å². The fraction of sp³-hybridized carbons (Fsp3) is 0.333. The van der Waals surface area contributed by atoms with Gasteiger partial charge in [-0.2, -0.15) is 9.30 Å². The van der Waals surface area contributed by atoms with E-state index in [2.05, 4.69) is 10.9 Å². The molecule has 1 aliphatic rings. The molecule has 2 amide bonds. The van der Waals surface area contributed by atoms with Crippen molar-refractivity contribution < 1.29 is 32.3 Å². The summed E-state index contributed by atoms with van der Waals surface area (Å²) in [5.74, 6) is 1.52. The van der Waals surface area contributed by atoms with E-state index >= 15 is 0 Å². The molecule has 1 fully saturated rings. The van der Waals surface area contributed by atoms with Gasteiger partial charge >= 0.3 is 12.1 Å². The third-order valence-corrected chi connectivity index (χ3v) is 9.10. The average molecular weight is 585 g/mol. The number of fused-ring (bicyclic) bond motifs is 1. The predicted molar refractivity (Wildman–Crippen MR) is 148 cm³/mol. The largest absolute Gasteiger partial charge is 0.462 e. The maximum Gasteiger partial charge on any atom is 0.409 e. The summed E-state index contributed by atoms with van der Waals surface area (Å²) >= 11 is 1.20. The number of carbonyl (C=O) groups excluding carboxylic acids is 3. The van der Waals surface area contributed by atoms with E-state index < -0.39 is 28.0 Å². The van der Waals surface area contributed by atoms with Gasteiger partial charge in [0.2, 0.25) is 10.0 Å². The minimum absolute atomic E-state index is 0.0318. The molecule has 0 atom stereocenters. The average Bonchev–Trinajstić information content (AvgIpc) is 3.29. The van der Waals surface area contributed by atoms with Gasteiger partial charge in [0.05, 0.1) is 40.4 Å². The Bertz CT molecular complexity index is 1640. The third-order valence-electron chi connectivity index (χ3n) is 6.14. The van der Waals surface area contributed by atoms with Gasteiger partial charge in [-0.25, -0.2) is 18.0 Å². The van der Waals surface area contributed by atoms with Crippen LogP contribution < -0.4 is 4.80 Å². The number of nitrogens with zero attached hydrogens (tertiary/aromatic N) is 4. The van der Waals surface area contributed by atoms with E-state index in [1.54, 1.807) is 36.6 Å². The Hall–Kier alpha value is -3.99. The molecule has 2 heterocycles. The van der Waals surface area contributed by atoms with Crippen LogP contribution in [0.3, 0.4) is 0 Å². The summed E-state index contributed by atoms with van der Waals surface area (Å²) in [4.78, 5) is 43.1. The quantitative estimate of drug-likeness (QED) is 0.309. The number of aromatic nitrogens is 1. The van der Waals surface area contributed by atoms with E-state index in [9.17, 15) is 22.8 Å². The number of amides is 2. The predicted octanol–water partition coefficient (Wildman–Crippen LogP) is 2.72. The lowest BCUT2D eigenvalue weighted by molar-refractivity contribution is 0.0526. The molecule has 11 nitrogen and oxygen atoms in total. The molecular formula is C27H28N4O7S2. The zero-order chi connectivity index (χ0) is 28.9. The Kier molecular flexibility index (Phi) is 9.03. The number of piperazine rings is 1. The van der Waals surface area contributed by atoms with Crippen molar-refractivity contribution in [3.05, 3.63) is 58.4 Å². The second-order valence-electron chi connectivity index (χ2n) is 8.61. The fourth-order valence-corrected chi connectivity index (χ4v) is 6.63. The van der Waals surface area contributed by atoms with Crippen molar-refractivity contribution in [2.45, 2.75) is 25.3 Å². The molecule has 210 valence electrons. The molecule has 4 rings (SSSR count). The summed E-state index contributed by atoms with van der Waals surface area (Å²) in [6, 6.07) is 10.6. The molecular weight excluding hydrogens is 556 g/mol. The molecule has 0 radical (unpaired) electrons. The Labute approximate surface area is 235 Å². The smallest absolute Gasteiger partial charge is 0.409 e. The zero-order valence-electron chi connectivity index (χ0n) is 22.0. The summed E-state index contributed by atoms with van der Waals surface area (Å²) in [5, 5.41) is 0. The van der Waals surface area contributed by atoms with E-state index in [4.69, 9.17) is 15.9 Å². The van der Waals surface area contributed by atoms with Gasteiger partial charge in [0.25, 0.3) is 5.91 Å². The van der Waals surface area contributed by atoms with E-state index in [0.717, 1.165) is 0 Å². The van der Waals surface area contributed by atoms with Gasteiger partial charge < -0.3 is 18.9 Å². The van der Waals surface area contributed by atoms with Crippen LogP contribution in [-0.4, -0.2) is 79.6 Å². The number of hydrogen-bond acceptors (Lipinski definition) is 8. The standard InChI is InChI=1S/C27H28N4O7S2/c1-4-13-31-22-12-9-20(25(33)37-5-2)18-23(22)39-26(31)28-24(32)19-7-10-21(11-8-19)40(35,36)30-16-14-29(15-17-30)27(34)38-6-3/h1,7-12,18H,5-6,13-17H2,2-3H3. The molecule has 0 spiro atoms. The lowest BCUT2D eigenvalue weighted by atomic mass is 10.2. The van der Waals surface area contributed by atoms with Crippen molar-refractivity contribution >= 4 is 49.5 Å². The molecule has 3 aromatic rings. The first kappa shape index (κ1) is 29.0. The summed E-state index contributed by atoms with van der Waals surface area (Å²) in [6.07, 6.45) is 5.08. The van der Waals surface area contributed by atoms with Crippen LogP contribution in [0.1, 0.15) is 34.6 Å². The van der Waals surface area contributed by atoms with Crippen LogP contribution in [0, 0.1) is 12.3 Å². The van der Waals surface area contributed by atoms with Crippen LogP contribution in [0.5, 0.6) is 0 Å². The maximum absolute atomic E-state index is 13.1. The van der Waals surface area contributed by atoms with Crippen LogP contribution >= 0.6 is 11.3 Å². The Morgan fingerprint density at radius 2 is 1.62 bits per heavy atom. The maximum atomic E-state index is 13.1. The number of esters is 1. The summed E-state index contributed by atoms with van der Waals surface area (Å²) in [6.45, 7) is 4.81. The number of terminal acetylenes is 1. The second-order valence-corrected chi connectivity index (χ2v) is 11.6. The number of hydrogen-bond donors (Lipinski definition) is 0. The SMILES string of the molecule is C#CCn1c(=NC(=O)c2ccc(S(=O)(=O)N3CCN(C(=O)OCC)CC3)cc2)sc2cc(C(=O)OCC)ccc21. The van der Waals surface area contributed by atoms with Gasteiger partial charge in [0, 0.05) is 31.7 Å². The fourth-order valence-electron chi connectivity index (χ4n) is 4.14. The molecule has 1 aromatic heterocycles. The van der Waals surface area contributed by atoms with Crippen LogP contribution in [-0.2, 0) is 26.0 Å². The molecule has 40 heavy (non-hydrogen) atoms. The first-order chi connectivity index (χ1) is 19.2. The number of benzene rings is 2. The Balaban J connectivity index is 1.55. The van der Waals surface area contributed by atoms with E-state index in [1.165, 1.54) is 44.8 Å². The molecule has 0 saturated carbocycles. The van der Waals surface area contributed by atoms with E-state index in [1.807, 2.05) is 0 Å². The molecule has 0 unspecified atom stereocenters. The monoisotopic (exact) mass is 584 g/mol. The van der Waals surface area contributed by atoms with Crippen LogP contribution in [0.2, 0.25) is 0 Å². The van der Waals surface area contributed by atoms with Gasteiger partial charge in [-0.15, -0.1) is 6.42 Å². The van der Waals surface area contributed by atoms with Crippen molar-refractivity contribution in [1.29, 1.82) is 0 Å². The minimum Gasteiger partial charge on any atom is -0.462 e. The first-order valence-electron chi connectivity index (χ1n) is 12.5. The first-order valence-corrected chi connectivity index (χ1v) is 14.8. The highest BCUT2D eigenvalue weighted by Crippen LogP contribution is 2.21. The number of rotatable bonds is 7. The lowest BCUT2D eigenvalue weighted by Gasteiger charge is -2.33. The molecule has 0 bridgehead atoms. The van der Waals surface area contributed by atoms with Crippen LogP contribution in [0.25, 0.3) is 10.2 Å². The third kappa shape index (κ3) is 6.09. The Morgan fingerprint density at radius 1 is 0.975 bits per heavy atom. The summed E-state index contributed by atoms with van der Waals surface area (Å²) < 4.78 is 40.0. The van der Waals surface area contributed by atoms with E-state index in [-0.39, 0.29) is 56.4 Å². The molecule has 0 aliphatic carbocycles. The number of ether oxygens (including phenoxy) is 2. The zero-order valence-corrected chi connectivity index (χ0v) is 23.7. The minimum atomic E-state index is -3.82. The molecule has 1 saturated heterocycles. The van der Waals surface area contributed by atoms with Gasteiger partial charge in [0.1, 0.15) is 0 Å². The summed E-state index contributed by atoms with van der Waals surface area (Å²) in [7, 11) is -3.82. The van der Waals surface area contributed by atoms with Crippen molar-refractivity contribution in [2.24, 2.45) is 4.99 Å². The highest BCUT2D eigenvalue weighted by Gasteiger charge is 2.30. The van der Waals surface area contributed by atoms with Crippen LogP contribution in [0.4, 0.5) is 4.79 Å². The molecule has 0 N–H and O–H groups in total. The number of carbonyl (C=O) groups is 3. The number of sulfonamides is 1. The van der Waals surface area contributed by atoms with Gasteiger partial charge in [-0.3, -0.25) is 4.79 Å². The topological polar surface area (TPSA) is 128 Å². The van der Waals surface area contributed by atoms with Crippen molar-refractivity contribution in [2.75, 3.05) is 39.4 Å². The normalized spacial score (nSPS) is 14.6. The number of thiazole rings is 1. The highest BCUT2D eigenvalue weighted by molar-refractivity contribution is 7.89. The van der Waals surface area contributed by atoms with Gasteiger partial charge in [0.15, 0.2) is 4.80 Å². The molecule has 2 aromatic carbocycles. The lowest BCUT2D eigenvalue weighted by Crippen LogP contribution is -2.50. The Morgan fingerprint density at radius 3 is 2.25 bits per heavy atom. The highest BCUT2D eigenvalue weighted by atomic mass is 32.2. The van der Waals surface area contributed by atoms with Crippen LogP contribution in [0.15, 0.2) is 52.4 Å². The van der Waals surface area contributed by atoms with Crippen molar-refractivity contribution in [3.63, 3.8) is 0 Å². The van der Waals surface area contributed by atoms with Crippen molar-refractivity contribution in [3.8, 4) is 12.3 Å².